The summed E-state index contributed by atoms with van der Waals surface area (Å²) >= 11 is 0. The Hall–Kier alpha value is -2.24. The van der Waals surface area contributed by atoms with Crippen molar-refractivity contribution in [3.05, 3.63) is 30.4 Å². The Balaban J connectivity index is 1.71. The van der Waals surface area contributed by atoms with Gasteiger partial charge in [-0.3, -0.25) is 19.4 Å². The topological polar surface area (TPSA) is 63.9 Å². The van der Waals surface area contributed by atoms with Gasteiger partial charge in [0.15, 0.2) is 0 Å². The summed E-state index contributed by atoms with van der Waals surface area (Å²) < 4.78 is 1.91. The van der Waals surface area contributed by atoms with Crippen molar-refractivity contribution in [3.8, 4) is 11.4 Å². The predicted octanol–water partition coefficient (Wildman–Crippen LogP) is 2.09. The molecule has 1 saturated heterocycles. The molecule has 6 nitrogen and oxygen atoms in total. The lowest BCUT2D eigenvalue weighted by Gasteiger charge is -2.30. The number of likely N-dealkylation sites (tertiary alicyclic amines) is 1. The summed E-state index contributed by atoms with van der Waals surface area (Å²) in [5, 5.41) is 4.26. The van der Waals surface area contributed by atoms with Crippen LogP contribution in [0.3, 0.4) is 0 Å². The molecule has 0 bridgehead atoms. The van der Waals surface area contributed by atoms with Gasteiger partial charge in [-0.25, -0.2) is 0 Å². The van der Waals surface area contributed by atoms with Crippen molar-refractivity contribution in [2.24, 2.45) is 0 Å². The van der Waals surface area contributed by atoms with Gasteiger partial charge in [-0.2, -0.15) is 5.10 Å². The summed E-state index contributed by atoms with van der Waals surface area (Å²) in [6, 6.07) is 1.96. The third-order valence-corrected chi connectivity index (χ3v) is 4.31. The fraction of sp³-hybridized carbons (Fsp3) is 0.500. The van der Waals surface area contributed by atoms with Crippen LogP contribution in [-0.4, -0.2) is 43.6 Å². The van der Waals surface area contributed by atoms with Gasteiger partial charge >= 0.3 is 0 Å². The highest BCUT2D eigenvalue weighted by Gasteiger charge is 2.23. The number of amides is 1. The van der Waals surface area contributed by atoms with Crippen LogP contribution in [0.4, 0.5) is 0 Å². The Kier molecular flexibility index (Phi) is 4.18. The van der Waals surface area contributed by atoms with Crippen LogP contribution in [0.15, 0.2) is 24.7 Å². The van der Waals surface area contributed by atoms with Gasteiger partial charge in [0.1, 0.15) is 5.69 Å². The largest absolute Gasteiger partial charge is 0.343 e. The highest BCUT2D eigenvalue weighted by molar-refractivity contribution is 5.73. The van der Waals surface area contributed by atoms with Gasteiger partial charge in [-0.05, 0) is 25.8 Å². The third-order valence-electron chi connectivity index (χ3n) is 4.31. The zero-order valence-corrected chi connectivity index (χ0v) is 13.1. The fourth-order valence-corrected chi connectivity index (χ4v) is 2.97. The first-order chi connectivity index (χ1) is 10.7. The van der Waals surface area contributed by atoms with Crippen LogP contribution in [0, 0.1) is 0 Å². The molecule has 2 aromatic heterocycles. The second kappa shape index (κ2) is 6.25. The minimum Gasteiger partial charge on any atom is -0.343 e. The summed E-state index contributed by atoms with van der Waals surface area (Å²) in [4.78, 5) is 22.4. The van der Waals surface area contributed by atoms with E-state index < -0.39 is 0 Å². The molecule has 0 unspecified atom stereocenters. The molecule has 1 aliphatic rings. The van der Waals surface area contributed by atoms with Crippen molar-refractivity contribution in [1.29, 1.82) is 0 Å². The Morgan fingerprint density at radius 3 is 2.64 bits per heavy atom. The number of aromatic nitrogens is 4. The monoisotopic (exact) mass is 299 g/mol. The Bertz CT molecular complexity index is 641. The number of carbonyl (C=O) groups is 1. The van der Waals surface area contributed by atoms with Gasteiger partial charge in [0.05, 0.1) is 17.6 Å². The van der Waals surface area contributed by atoms with Crippen molar-refractivity contribution >= 4 is 5.91 Å². The van der Waals surface area contributed by atoms with E-state index in [1.165, 1.54) is 0 Å². The standard InChI is InChI=1S/C16H21N5O/c1-3-21-16(4-7-19-21)15-11-17-14(10-18-15)13-5-8-20(9-6-13)12(2)22/h4,7,10-11,13H,3,5-6,8-9H2,1-2H3. The molecular weight excluding hydrogens is 278 g/mol. The molecule has 0 saturated carbocycles. The summed E-state index contributed by atoms with van der Waals surface area (Å²) in [6.45, 7) is 6.13. The number of hydrogen-bond donors (Lipinski definition) is 0. The number of carbonyl (C=O) groups excluding carboxylic acids is 1. The number of hydrogen-bond acceptors (Lipinski definition) is 4. The van der Waals surface area contributed by atoms with E-state index in [0.717, 1.165) is 49.6 Å². The minimum absolute atomic E-state index is 0.160. The van der Waals surface area contributed by atoms with E-state index in [4.69, 9.17) is 0 Å². The van der Waals surface area contributed by atoms with Gasteiger partial charge in [-0.1, -0.05) is 0 Å². The lowest BCUT2D eigenvalue weighted by atomic mass is 9.94. The van der Waals surface area contributed by atoms with Crippen LogP contribution in [0.1, 0.15) is 38.3 Å². The second-order valence-corrected chi connectivity index (χ2v) is 5.64. The van der Waals surface area contributed by atoms with Crippen molar-refractivity contribution in [1.82, 2.24) is 24.6 Å². The highest BCUT2D eigenvalue weighted by Crippen LogP contribution is 2.27. The molecule has 116 valence electrons. The zero-order chi connectivity index (χ0) is 15.5. The normalized spacial score (nSPS) is 16.0. The first kappa shape index (κ1) is 14.7. The molecule has 3 heterocycles. The lowest BCUT2D eigenvalue weighted by Crippen LogP contribution is -2.36. The van der Waals surface area contributed by atoms with Gasteiger partial charge in [-0.15, -0.1) is 0 Å². The molecule has 0 aliphatic carbocycles. The maximum absolute atomic E-state index is 11.4. The molecule has 3 rings (SSSR count). The van der Waals surface area contributed by atoms with E-state index in [9.17, 15) is 4.79 Å². The van der Waals surface area contributed by atoms with Crippen LogP contribution < -0.4 is 0 Å². The summed E-state index contributed by atoms with van der Waals surface area (Å²) in [6.07, 6.45) is 7.40. The van der Waals surface area contributed by atoms with Crippen LogP contribution >= 0.6 is 0 Å². The van der Waals surface area contributed by atoms with Crippen molar-refractivity contribution in [2.45, 2.75) is 39.2 Å². The Labute approximate surface area is 130 Å². The first-order valence-corrected chi connectivity index (χ1v) is 7.78. The van der Waals surface area contributed by atoms with E-state index in [1.54, 1.807) is 13.1 Å². The molecule has 0 radical (unpaired) electrons. The van der Waals surface area contributed by atoms with Crippen LogP contribution in [-0.2, 0) is 11.3 Å². The molecular formula is C16H21N5O. The molecule has 0 atom stereocenters. The number of piperidine rings is 1. The lowest BCUT2D eigenvalue weighted by molar-refractivity contribution is -0.129. The van der Waals surface area contributed by atoms with Crippen molar-refractivity contribution in [2.75, 3.05) is 13.1 Å². The zero-order valence-electron chi connectivity index (χ0n) is 13.1. The average molecular weight is 299 g/mol. The smallest absolute Gasteiger partial charge is 0.219 e. The van der Waals surface area contributed by atoms with Gasteiger partial charge in [0.25, 0.3) is 0 Å². The summed E-state index contributed by atoms with van der Waals surface area (Å²) in [7, 11) is 0. The quantitative estimate of drug-likeness (QED) is 0.870. The van der Waals surface area contributed by atoms with E-state index in [2.05, 4.69) is 22.0 Å². The van der Waals surface area contributed by atoms with E-state index in [0.29, 0.717) is 5.92 Å². The van der Waals surface area contributed by atoms with Gasteiger partial charge in [0, 0.05) is 44.9 Å². The Morgan fingerprint density at radius 1 is 1.27 bits per heavy atom. The molecule has 6 heteroatoms. The van der Waals surface area contributed by atoms with E-state index in [-0.39, 0.29) is 5.91 Å². The molecule has 22 heavy (non-hydrogen) atoms. The van der Waals surface area contributed by atoms with Crippen LogP contribution in [0.5, 0.6) is 0 Å². The average Bonchev–Trinajstić information content (AvgIpc) is 3.04. The molecule has 1 fully saturated rings. The van der Waals surface area contributed by atoms with Gasteiger partial charge in [0.2, 0.25) is 5.91 Å². The van der Waals surface area contributed by atoms with Crippen LogP contribution in [0.25, 0.3) is 11.4 Å². The Morgan fingerprint density at radius 2 is 2.05 bits per heavy atom. The fourth-order valence-electron chi connectivity index (χ4n) is 2.97. The van der Waals surface area contributed by atoms with E-state index >= 15 is 0 Å². The number of rotatable bonds is 3. The predicted molar refractivity (Wildman–Crippen MR) is 83.2 cm³/mol. The second-order valence-electron chi connectivity index (χ2n) is 5.64. The summed E-state index contributed by atoms with van der Waals surface area (Å²) in [5.41, 5.74) is 2.87. The number of aryl methyl sites for hydroxylation is 1. The van der Waals surface area contributed by atoms with Crippen molar-refractivity contribution < 1.29 is 4.79 Å². The minimum atomic E-state index is 0.160. The maximum Gasteiger partial charge on any atom is 0.219 e. The molecule has 0 N–H and O–H groups in total. The summed E-state index contributed by atoms with van der Waals surface area (Å²) in [5.74, 6) is 0.556. The van der Waals surface area contributed by atoms with Gasteiger partial charge < -0.3 is 4.90 Å². The highest BCUT2D eigenvalue weighted by atomic mass is 16.2. The molecule has 1 aliphatic heterocycles. The first-order valence-electron chi connectivity index (χ1n) is 7.78. The van der Waals surface area contributed by atoms with Crippen LogP contribution in [0.2, 0.25) is 0 Å². The SMILES string of the molecule is CCn1nccc1-c1cnc(C2CCN(C(C)=O)CC2)cn1. The molecule has 0 spiro atoms. The molecule has 1 amide bonds. The van der Waals surface area contributed by atoms with Crippen molar-refractivity contribution in [3.63, 3.8) is 0 Å². The number of nitrogens with zero attached hydrogens (tertiary/aromatic N) is 5. The molecule has 2 aromatic rings. The third kappa shape index (κ3) is 2.86. The maximum atomic E-state index is 11.4. The van der Waals surface area contributed by atoms with E-state index in [1.807, 2.05) is 28.0 Å². The molecule has 0 aromatic carbocycles.